The van der Waals surface area contributed by atoms with Crippen LogP contribution in [0.5, 0.6) is 5.75 Å². The SMILES string of the molecule is CCC(C)c1cc(N=NN2N=CCC2=O)ccc1O. The number of carbonyl (C=O) groups excluding carboxylic acids is 1. The molecule has 1 amide bonds. The first-order chi connectivity index (χ1) is 9.11. The van der Waals surface area contributed by atoms with E-state index in [9.17, 15) is 9.90 Å². The van der Waals surface area contributed by atoms with Gasteiger partial charge in [0.1, 0.15) is 5.75 Å². The molecule has 6 heteroatoms. The molecule has 6 nitrogen and oxygen atoms in total. The van der Waals surface area contributed by atoms with Gasteiger partial charge < -0.3 is 5.11 Å². The van der Waals surface area contributed by atoms with E-state index in [0.29, 0.717) is 5.69 Å². The van der Waals surface area contributed by atoms with Crippen molar-refractivity contribution >= 4 is 17.8 Å². The second kappa shape index (κ2) is 5.60. The largest absolute Gasteiger partial charge is 0.508 e. The standard InChI is InChI=1S/C13H16N4O2/c1-3-9(2)11-8-10(4-5-12(11)18)15-16-17-13(19)6-7-14-17/h4-5,7-9,18H,3,6H2,1-2H3. The number of benzene rings is 1. The third kappa shape index (κ3) is 2.96. The highest BCUT2D eigenvalue weighted by Gasteiger charge is 2.16. The fourth-order valence-corrected chi connectivity index (χ4v) is 1.73. The van der Waals surface area contributed by atoms with Crippen LogP contribution in [0.25, 0.3) is 0 Å². The Bertz CT molecular complexity index is 539. The van der Waals surface area contributed by atoms with Gasteiger partial charge in [0.25, 0.3) is 5.91 Å². The summed E-state index contributed by atoms with van der Waals surface area (Å²) in [5, 5.41) is 22.3. The predicted octanol–water partition coefficient (Wildman–Crippen LogP) is 3.12. The van der Waals surface area contributed by atoms with Crippen LogP contribution in [0, 0.1) is 0 Å². The maximum absolute atomic E-state index is 11.3. The van der Waals surface area contributed by atoms with Crippen molar-refractivity contribution in [3.8, 4) is 5.75 Å². The van der Waals surface area contributed by atoms with E-state index in [1.807, 2.05) is 6.92 Å². The second-order valence-electron chi connectivity index (χ2n) is 4.43. The highest BCUT2D eigenvalue weighted by atomic mass is 16.3. The van der Waals surface area contributed by atoms with E-state index in [-0.39, 0.29) is 24.0 Å². The summed E-state index contributed by atoms with van der Waals surface area (Å²) in [6.07, 6.45) is 2.67. The molecule has 1 unspecified atom stereocenters. The number of hydrazone groups is 1. The number of aromatic hydroxyl groups is 1. The average Bonchev–Trinajstić information content (AvgIpc) is 2.82. The molecule has 2 rings (SSSR count). The smallest absolute Gasteiger partial charge is 0.271 e. The van der Waals surface area contributed by atoms with Crippen molar-refractivity contribution in [3.05, 3.63) is 23.8 Å². The molecule has 0 radical (unpaired) electrons. The van der Waals surface area contributed by atoms with Gasteiger partial charge in [-0.1, -0.05) is 19.0 Å². The van der Waals surface area contributed by atoms with Crippen LogP contribution in [0.15, 0.2) is 33.6 Å². The molecule has 0 aromatic heterocycles. The van der Waals surface area contributed by atoms with Crippen LogP contribution in [-0.2, 0) is 4.79 Å². The quantitative estimate of drug-likeness (QED) is 0.844. The van der Waals surface area contributed by atoms with E-state index in [1.54, 1.807) is 18.2 Å². The minimum atomic E-state index is -0.204. The summed E-state index contributed by atoms with van der Waals surface area (Å²) < 4.78 is 0. The molecular formula is C13H16N4O2. The third-order valence-electron chi connectivity index (χ3n) is 3.08. The molecule has 1 N–H and O–H groups in total. The van der Waals surface area contributed by atoms with E-state index in [2.05, 4.69) is 22.4 Å². The van der Waals surface area contributed by atoms with Gasteiger partial charge in [-0.15, -0.1) is 5.11 Å². The fourth-order valence-electron chi connectivity index (χ4n) is 1.73. The summed E-state index contributed by atoms with van der Waals surface area (Å²) in [5.41, 5.74) is 1.41. The third-order valence-corrected chi connectivity index (χ3v) is 3.08. The first-order valence-corrected chi connectivity index (χ1v) is 6.21. The van der Waals surface area contributed by atoms with E-state index in [0.717, 1.165) is 17.1 Å². The number of rotatable bonds is 4. The van der Waals surface area contributed by atoms with Crippen molar-refractivity contribution in [1.82, 2.24) is 5.12 Å². The summed E-state index contributed by atoms with van der Waals surface area (Å²) in [4.78, 5) is 11.3. The van der Waals surface area contributed by atoms with Crippen molar-refractivity contribution in [2.24, 2.45) is 15.4 Å². The lowest BCUT2D eigenvalue weighted by atomic mass is 9.97. The monoisotopic (exact) mass is 260 g/mol. The van der Waals surface area contributed by atoms with Crippen molar-refractivity contribution in [2.45, 2.75) is 32.6 Å². The molecule has 19 heavy (non-hydrogen) atoms. The molecule has 0 aliphatic carbocycles. The van der Waals surface area contributed by atoms with E-state index in [4.69, 9.17) is 0 Å². The highest BCUT2D eigenvalue weighted by molar-refractivity contribution is 5.93. The molecule has 0 saturated carbocycles. The van der Waals surface area contributed by atoms with Crippen LogP contribution in [-0.4, -0.2) is 22.3 Å². The minimum absolute atomic E-state index is 0.204. The topological polar surface area (TPSA) is 77.6 Å². The molecule has 0 spiro atoms. The Labute approximate surface area is 111 Å². The maximum Gasteiger partial charge on any atom is 0.271 e. The Morgan fingerprint density at radius 2 is 2.32 bits per heavy atom. The number of amides is 1. The summed E-state index contributed by atoms with van der Waals surface area (Å²) >= 11 is 0. The van der Waals surface area contributed by atoms with Gasteiger partial charge in [0.2, 0.25) is 0 Å². The summed E-state index contributed by atoms with van der Waals surface area (Å²) in [7, 11) is 0. The first-order valence-electron chi connectivity index (χ1n) is 6.21. The molecule has 0 fully saturated rings. The van der Waals surface area contributed by atoms with Gasteiger partial charge in [-0.2, -0.15) is 5.10 Å². The van der Waals surface area contributed by atoms with E-state index >= 15 is 0 Å². The van der Waals surface area contributed by atoms with Crippen LogP contribution >= 0.6 is 0 Å². The summed E-state index contributed by atoms with van der Waals surface area (Å²) in [5.74, 6) is 0.287. The Morgan fingerprint density at radius 1 is 1.53 bits per heavy atom. The molecule has 1 aromatic rings. The molecule has 1 aliphatic heterocycles. The molecule has 1 aromatic carbocycles. The van der Waals surface area contributed by atoms with Gasteiger partial charge in [-0.25, -0.2) is 0 Å². The number of carbonyl (C=O) groups is 1. The zero-order valence-electron chi connectivity index (χ0n) is 10.9. The highest BCUT2D eigenvalue weighted by Crippen LogP contribution is 2.31. The van der Waals surface area contributed by atoms with Gasteiger partial charge in [0, 0.05) is 6.21 Å². The van der Waals surface area contributed by atoms with Gasteiger partial charge >= 0.3 is 0 Å². The molecule has 1 aliphatic rings. The lowest BCUT2D eigenvalue weighted by molar-refractivity contribution is -0.129. The van der Waals surface area contributed by atoms with Crippen molar-refractivity contribution in [2.75, 3.05) is 0 Å². The van der Waals surface area contributed by atoms with Gasteiger partial charge in [-0.3, -0.25) is 4.79 Å². The Hall–Kier alpha value is -2.24. The minimum Gasteiger partial charge on any atom is -0.508 e. The van der Waals surface area contributed by atoms with Crippen LogP contribution < -0.4 is 0 Å². The maximum atomic E-state index is 11.3. The Morgan fingerprint density at radius 3 is 2.95 bits per heavy atom. The molecule has 100 valence electrons. The van der Waals surface area contributed by atoms with Crippen molar-refractivity contribution in [3.63, 3.8) is 0 Å². The van der Waals surface area contributed by atoms with Gasteiger partial charge in [0.15, 0.2) is 0 Å². The molecule has 1 heterocycles. The van der Waals surface area contributed by atoms with Gasteiger partial charge in [-0.05, 0) is 41.3 Å². The van der Waals surface area contributed by atoms with Gasteiger partial charge in [0.05, 0.1) is 12.1 Å². The lowest BCUT2D eigenvalue weighted by Gasteiger charge is -2.11. The van der Waals surface area contributed by atoms with Crippen LogP contribution in [0.4, 0.5) is 5.69 Å². The summed E-state index contributed by atoms with van der Waals surface area (Å²) in [6.45, 7) is 4.08. The van der Waals surface area contributed by atoms with Crippen LogP contribution in [0.3, 0.4) is 0 Å². The predicted molar refractivity (Wildman–Crippen MR) is 71.3 cm³/mol. The molecular weight excluding hydrogens is 244 g/mol. The van der Waals surface area contributed by atoms with Crippen molar-refractivity contribution in [1.29, 1.82) is 0 Å². The molecule has 0 saturated heterocycles. The molecule has 1 atom stereocenters. The molecule has 0 bridgehead atoms. The van der Waals surface area contributed by atoms with Crippen LogP contribution in [0.2, 0.25) is 0 Å². The Balaban J connectivity index is 2.19. The second-order valence-corrected chi connectivity index (χ2v) is 4.43. The number of hydrogen-bond acceptors (Lipinski definition) is 5. The zero-order valence-corrected chi connectivity index (χ0v) is 10.9. The number of nitrogens with zero attached hydrogens (tertiary/aromatic N) is 4. The number of phenolic OH excluding ortho intramolecular Hbond substituents is 1. The lowest BCUT2D eigenvalue weighted by Crippen LogP contribution is -2.12. The van der Waals surface area contributed by atoms with E-state index in [1.165, 1.54) is 6.21 Å². The first kappa shape index (κ1) is 13.2. The van der Waals surface area contributed by atoms with Crippen molar-refractivity contribution < 1.29 is 9.90 Å². The Kier molecular flexibility index (Phi) is 3.89. The zero-order chi connectivity index (χ0) is 13.8. The number of hydrogen-bond donors (Lipinski definition) is 1. The summed E-state index contributed by atoms with van der Waals surface area (Å²) in [6, 6.07) is 5.01. The normalized spacial score (nSPS) is 16.5. The van der Waals surface area contributed by atoms with E-state index < -0.39 is 0 Å². The fraction of sp³-hybridized carbons (Fsp3) is 0.385. The average molecular weight is 260 g/mol. The van der Waals surface area contributed by atoms with Crippen LogP contribution in [0.1, 0.15) is 38.2 Å². The number of phenols is 1.